The van der Waals surface area contributed by atoms with E-state index in [1.54, 1.807) is 17.0 Å². The highest BCUT2D eigenvalue weighted by molar-refractivity contribution is 6.33. The molecule has 1 atom stereocenters. The highest BCUT2D eigenvalue weighted by Gasteiger charge is 2.35. The Morgan fingerprint density at radius 2 is 2.11 bits per heavy atom. The number of rotatable bonds is 3. The highest BCUT2D eigenvalue weighted by atomic mass is 35.5. The van der Waals surface area contributed by atoms with Crippen molar-refractivity contribution >= 4 is 29.1 Å². The third kappa shape index (κ3) is 3.07. The van der Waals surface area contributed by atoms with E-state index in [4.69, 9.17) is 11.6 Å². The number of halogens is 1. The Labute approximate surface area is 117 Å². The van der Waals surface area contributed by atoms with E-state index in [-0.39, 0.29) is 30.2 Å². The average Bonchev–Trinajstić information content (AvgIpc) is 2.71. The minimum absolute atomic E-state index is 0.0583. The minimum atomic E-state index is -0.300. The Hall–Kier alpha value is -1.55. The Balaban J connectivity index is 2.12. The van der Waals surface area contributed by atoms with Crippen LogP contribution < -0.4 is 10.2 Å². The van der Waals surface area contributed by atoms with E-state index >= 15 is 0 Å². The van der Waals surface area contributed by atoms with E-state index in [0.717, 1.165) is 0 Å². The second-order valence-corrected chi connectivity index (χ2v) is 5.43. The zero-order valence-corrected chi connectivity index (χ0v) is 11.8. The molecule has 0 spiro atoms. The molecule has 102 valence electrons. The summed E-state index contributed by atoms with van der Waals surface area (Å²) < 4.78 is 0. The molecule has 5 heteroatoms. The predicted octanol–water partition coefficient (Wildman–Crippen LogP) is 2.22. The van der Waals surface area contributed by atoms with Crippen molar-refractivity contribution in [3.63, 3.8) is 0 Å². The van der Waals surface area contributed by atoms with Gasteiger partial charge in [0.25, 0.3) is 0 Å². The fourth-order valence-electron chi connectivity index (χ4n) is 2.19. The van der Waals surface area contributed by atoms with Gasteiger partial charge in [-0.15, -0.1) is 0 Å². The van der Waals surface area contributed by atoms with Gasteiger partial charge in [0.1, 0.15) is 0 Å². The second-order valence-electron chi connectivity index (χ2n) is 5.02. The van der Waals surface area contributed by atoms with Gasteiger partial charge >= 0.3 is 0 Å². The number of nitrogens with one attached hydrogen (secondary N) is 1. The van der Waals surface area contributed by atoms with Crippen LogP contribution in [-0.4, -0.2) is 24.4 Å². The first kappa shape index (κ1) is 13.9. The van der Waals surface area contributed by atoms with E-state index < -0.39 is 0 Å². The van der Waals surface area contributed by atoms with Crippen LogP contribution in [0.2, 0.25) is 5.02 Å². The largest absolute Gasteiger partial charge is 0.354 e. The topological polar surface area (TPSA) is 49.4 Å². The predicted molar refractivity (Wildman–Crippen MR) is 75.2 cm³/mol. The maximum absolute atomic E-state index is 12.0. The molecule has 0 bridgehead atoms. The summed E-state index contributed by atoms with van der Waals surface area (Å²) in [5.41, 5.74) is 0.675. The summed E-state index contributed by atoms with van der Waals surface area (Å²) in [5, 5.41) is 3.37. The Morgan fingerprint density at radius 1 is 1.42 bits per heavy atom. The van der Waals surface area contributed by atoms with Crippen molar-refractivity contribution in [2.75, 3.05) is 11.4 Å². The zero-order chi connectivity index (χ0) is 14.0. The standard InChI is InChI=1S/C14H17ClN2O2/c1-9(2)16-14(19)10-7-13(18)17(8-10)12-6-4-3-5-11(12)15/h3-6,9-10H,7-8H2,1-2H3,(H,16,19)/t10-/m0/s1. The summed E-state index contributed by atoms with van der Waals surface area (Å²) in [5.74, 6) is -0.430. The summed E-state index contributed by atoms with van der Waals surface area (Å²) in [6.07, 6.45) is 0.240. The van der Waals surface area contributed by atoms with Crippen LogP contribution in [0.15, 0.2) is 24.3 Å². The van der Waals surface area contributed by atoms with Crippen molar-refractivity contribution in [3.05, 3.63) is 29.3 Å². The van der Waals surface area contributed by atoms with Crippen LogP contribution in [-0.2, 0) is 9.59 Å². The molecular formula is C14H17ClN2O2. The van der Waals surface area contributed by atoms with Gasteiger partial charge in [0.2, 0.25) is 11.8 Å². The van der Waals surface area contributed by atoms with E-state index in [1.165, 1.54) is 0 Å². The van der Waals surface area contributed by atoms with Crippen LogP contribution in [0, 0.1) is 5.92 Å². The molecule has 0 aromatic heterocycles. The fourth-order valence-corrected chi connectivity index (χ4v) is 2.43. The van der Waals surface area contributed by atoms with Crippen molar-refractivity contribution in [1.82, 2.24) is 5.32 Å². The molecule has 1 aromatic carbocycles. The molecule has 1 fully saturated rings. The number of carbonyl (C=O) groups is 2. The molecule has 2 amide bonds. The second kappa shape index (κ2) is 5.61. The lowest BCUT2D eigenvalue weighted by atomic mass is 10.1. The molecule has 0 saturated carbocycles. The Bertz CT molecular complexity index is 502. The van der Waals surface area contributed by atoms with E-state index in [1.807, 2.05) is 26.0 Å². The molecule has 1 aliphatic rings. The summed E-state index contributed by atoms with van der Waals surface area (Å²) in [6, 6.07) is 7.26. The molecule has 4 nitrogen and oxygen atoms in total. The lowest BCUT2D eigenvalue weighted by Crippen LogP contribution is -2.37. The third-order valence-corrected chi connectivity index (χ3v) is 3.39. The molecule has 1 heterocycles. The van der Waals surface area contributed by atoms with Crippen LogP contribution in [0.5, 0.6) is 0 Å². The quantitative estimate of drug-likeness (QED) is 0.923. The van der Waals surface area contributed by atoms with Crippen LogP contribution in [0.4, 0.5) is 5.69 Å². The molecule has 1 aromatic rings. The van der Waals surface area contributed by atoms with Gasteiger partial charge in [0.15, 0.2) is 0 Å². The van der Waals surface area contributed by atoms with E-state index in [9.17, 15) is 9.59 Å². The number of para-hydroxylation sites is 1. The molecule has 0 unspecified atom stereocenters. The van der Waals surface area contributed by atoms with Gasteiger partial charge < -0.3 is 10.2 Å². The summed E-state index contributed by atoms with van der Waals surface area (Å²) >= 11 is 6.09. The minimum Gasteiger partial charge on any atom is -0.354 e. The van der Waals surface area contributed by atoms with E-state index in [2.05, 4.69) is 5.32 Å². The molecule has 1 N–H and O–H groups in total. The highest BCUT2D eigenvalue weighted by Crippen LogP contribution is 2.30. The maximum atomic E-state index is 12.0. The summed E-state index contributed by atoms with van der Waals surface area (Å²) in [6.45, 7) is 4.20. The van der Waals surface area contributed by atoms with Crippen LogP contribution in [0.1, 0.15) is 20.3 Å². The Kier molecular flexibility index (Phi) is 4.10. The number of hydrogen-bond donors (Lipinski definition) is 1. The van der Waals surface area contributed by atoms with Crippen LogP contribution in [0.3, 0.4) is 0 Å². The van der Waals surface area contributed by atoms with Crippen molar-refractivity contribution in [3.8, 4) is 0 Å². The lowest BCUT2D eigenvalue weighted by Gasteiger charge is -2.18. The molecule has 1 aliphatic heterocycles. The smallest absolute Gasteiger partial charge is 0.227 e. The average molecular weight is 281 g/mol. The fraction of sp³-hybridized carbons (Fsp3) is 0.429. The monoisotopic (exact) mass is 280 g/mol. The van der Waals surface area contributed by atoms with Gasteiger partial charge in [-0.25, -0.2) is 0 Å². The maximum Gasteiger partial charge on any atom is 0.227 e. The number of hydrogen-bond acceptors (Lipinski definition) is 2. The van der Waals surface area contributed by atoms with Crippen molar-refractivity contribution < 1.29 is 9.59 Å². The van der Waals surface area contributed by atoms with Crippen molar-refractivity contribution in [2.24, 2.45) is 5.92 Å². The molecule has 2 rings (SSSR count). The van der Waals surface area contributed by atoms with Gasteiger partial charge in [-0.2, -0.15) is 0 Å². The summed E-state index contributed by atoms with van der Waals surface area (Å²) in [4.78, 5) is 25.5. The first-order valence-electron chi connectivity index (χ1n) is 6.34. The molecule has 19 heavy (non-hydrogen) atoms. The molecule has 0 aliphatic carbocycles. The zero-order valence-electron chi connectivity index (χ0n) is 11.0. The molecule has 0 radical (unpaired) electrons. The number of benzene rings is 1. The van der Waals surface area contributed by atoms with Crippen molar-refractivity contribution in [2.45, 2.75) is 26.3 Å². The number of anilines is 1. The first-order valence-corrected chi connectivity index (χ1v) is 6.72. The molecular weight excluding hydrogens is 264 g/mol. The van der Waals surface area contributed by atoms with Gasteiger partial charge in [-0.05, 0) is 26.0 Å². The number of amides is 2. The van der Waals surface area contributed by atoms with Crippen LogP contribution in [0.25, 0.3) is 0 Å². The van der Waals surface area contributed by atoms with Gasteiger partial charge in [-0.3, -0.25) is 9.59 Å². The first-order chi connectivity index (χ1) is 8.99. The van der Waals surface area contributed by atoms with Gasteiger partial charge in [0.05, 0.1) is 16.6 Å². The lowest BCUT2D eigenvalue weighted by molar-refractivity contribution is -0.126. The third-order valence-electron chi connectivity index (χ3n) is 3.07. The normalized spacial score (nSPS) is 19.1. The number of carbonyl (C=O) groups excluding carboxylic acids is 2. The van der Waals surface area contributed by atoms with Crippen molar-refractivity contribution in [1.29, 1.82) is 0 Å². The number of nitrogens with zero attached hydrogens (tertiary/aromatic N) is 1. The van der Waals surface area contributed by atoms with Gasteiger partial charge in [-0.1, -0.05) is 23.7 Å². The van der Waals surface area contributed by atoms with E-state index in [0.29, 0.717) is 17.3 Å². The van der Waals surface area contributed by atoms with Crippen LogP contribution >= 0.6 is 11.6 Å². The Morgan fingerprint density at radius 3 is 2.74 bits per heavy atom. The SMILES string of the molecule is CC(C)NC(=O)[C@H]1CC(=O)N(c2ccccc2Cl)C1. The van der Waals surface area contributed by atoms with Gasteiger partial charge in [0, 0.05) is 19.0 Å². The summed E-state index contributed by atoms with van der Waals surface area (Å²) in [7, 11) is 0. The molecule has 1 saturated heterocycles.